The number of benzene rings is 1. The number of rotatable bonds is 1. The van der Waals surface area contributed by atoms with E-state index in [-0.39, 0.29) is 11.6 Å². The predicted molar refractivity (Wildman–Crippen MR) is 81.1 cm³/mol. The van der Waals surface area contributed by atoms with Crippen molar-refractivity contribution >= 4 is 11.6 Å². The molecule has 1 heterocycles. The topological polar surface area (TPSA) is 43.4 Å². The molecule has 0 bridgehead atoms. The molecule has 0 radical (unpaired) electrons. The fourth-order valence-corrected chi connectivity index (χ4v) is 2.92. The zero-order valence-electron chi connectivity index (χ0n) is 13.1. The molecule has 1 aromatic carbocycles. The van der Waals surface area contributed by atoms with Crippen molar-refractivity contribution in [2.24, 2.45) is 0 Å². The molecule has 1 aliphatic heterocycles. The number of ketones is 2. The minimum Gasteiger partial charge on any atom is -0.354 e. The van der Waals surface area contributed by atoms with Crippen LogP contribution >= 0.6 is 0 Å². The normalized spacial score (nSPS) is 21.1. The van der Waals surface area contributed by atoms with Crippen LogP contribution in [0.3, 0.4) is 0 Å². The van der Waals surface area contributed by atoms with E-state index in [4.69, 9.17) is 11.2 Å². The number of terminal acetylenes is 1. The highest BCUT2D eigenvalue weighted by Gasteiger charge is 2.53. The number of Topliss-reactive ketones (excluding diaryl/α,β-unsaturated/α-hetero) is 2. The first-order valence-electron chi connectivity index (χ1n) is 6.96. The molecule has 0 atom stereocenters. The molecule has 1 saturated heterocycles. The third-order valence-electron chi connectivity index (χ3n) is 3.97. The largest absolute Gasteiger partial charge is 0.354 e. The minimum atomic E-state index is -0.987. The minimum absolute atomic E-state index is 0.205. The average molecular weight is 284 g/mol. The Morgan fingerprint density at radius 3 is 2.05 bits per heavy atom. The summed E-state index contributed by atoms with van der Waals surface area (Å²) in [5.41, 5.74) is 0.333. The lowest BCUT2D eigenvalue weighted by molar-refractivity contribution is -0.184. The lowest BCUT2D eigenvalue weighted by Gasteiger charge is -2.43. The van der Waals surface area contributed by atoms with Gasteiger partial charge in [-0.3, -0.25) is 9.59 Å². The van der Waals surface area contributed by atoms with E-state index in [2.05, 4.69) is 5.92 Å². The number of aryl methyl sites for hydroxylation is 1. The smallest absolute Gasteiger partial charge is 0.179 e. The van der Waals surface area contributed by atoms with Crippen molar-refractivity contribution in [2.75, 3.05) is 0 Å². The Morgan fingerprint density at radius 2 is 1.62 bits per heavy atom. The molecule has 1 aromatic rings. The average Bonchev–Trinajstić information content (AvgIpc) is 2.37. The van der Waals surface area contributed by atoms with Crippen LogP contribution in [0.15, 0.2) is 18.2 Å². The van der Waals surface area contributed by atoms with Crippen molar-refractivity contribution in [3.63, 3.8) is 0 Å². The molecule has 21 heavy (non-hydrogen) atoms. The lowest BCUT2D eigenvalue weighted by Crippen LogP contribution is -2.57. The molecule has 0 saturated carbocycles. The maximum atomic E-state index is 12.7. The van der Waals surface area contributed by atoms with E-state index < -0.39 is 17.1 Å². The summed E-state index contributed by atoms with van der Waals surface area (Å²) in [6.07, 6.45) is 5.38. The highest BCUT2D eigenvalue weighted by Crippen LogP contribution is 2.39. The molecular formula is C18H20O3. The van der Waals surface area contributed by atoms with Crippen LogP contribution < -0.4 is 0 Å². The van der Waals surface area contributed by atoms with Gasteiger partial charge in [0, 0.05) is 5.56 Å². The number of hydrogen-bond acceptors (Lipinski definition) is 3. The van der Waals surface area contributed by atoms with Crippen LogP contribution in [-0.2, 0) is 14.3 Å². The van der Waals surface area contributed by atoms with Gasteiger partial charge in [-0.25, -0.2) is 0 Å². The Balaban J connectivity index is 2.58. The van der Waals surface area contributed by atoms with Crippen molar-refractivity contribution in [1.29, 1.82) is 0 Å². The van der Waals surface area contributed by atoms with Gasteiger partial charge in [0.1, 0.15) is 17.1 Å². The fraction of sp³-hybridized carbons (Fsp3) is 0.444. The van der Waals surface area contributed by atoms with E-state index in [0.29, 0.717) is 5.56 Å². The summed E-state index contributed by atoms with van der Waals surface area (Å²) in [5.74, 6) is 1.35. The van der Waals surface area contributed by atoms with Gasteiger partial charge in [0.2, 0.25) is 0 Å². The highest BCUT2D eigenvalue weighted by molar-refractivity contribution is 6.15. The SMILES string of the molecule is C#Cc1ccc(C2C(=O)C(C)(C)OC(C)(C)C2=O)c(C)c1. The second-order valence-corrected chi connectivity index (χ2v) is 6.50. The predicted octanol–water partition coefficient (Wildman–Crippen LogP) is 2.79. The molecule has 0 unspecified atom stereocenters. The molecule has 3 nitrogen and oxygen atoms in total. The van der Waals surface area contributed by atoms with Crippen LogP contribution in [0.4, 0.5) is 0 Å². The third kappa shape index (κ3) is 2.52. The molecule has 0 aromatic heterocycles. The zero-order valence-corrected chi connectivity index (χ0v) is 13.1. The molecular weight excluding hydrogens is 264 g/mol. The monoisotopic (exact) mass is 284 g/mol. The Labute approximate surface area is 125 Å². The summed E-state index contributed by atoms with van der Waals surface area (Å²) in [5, 5.41) is 0. The van der Waals surface area contributed by atoms with E-state index >= 15 is 0 Å². The second-order valence-electron chi connectivity index (χ2n) is 6.50. The molecule has 3 heteroatoms. The van der Waals surface area contributed by atoms with Gasteiger partial charge in [0.05, 0.1) is 0 Å². The molecule has 2 rings (SSSR count). The summed E-state index contributed by atoms with van der Waals surface area (Å²) in [6.45, 7) is 8.71. The molecule has 1 aliphatic rings. The van der Waals surface area contributed by atoms with Crippen molar-refractivity contribution in [3.8, 4) is 12.3 Å². The van der Waals surface area contributed by atoms with E-state index in [1.54, 1.807) is 39.8 Å². The molecule has 0 spiro atoms. The summed E-state index contributed by atoms with van der Waals surface area (Å²) in [6, 6.07) is 5.37. The number of carbonyl (C=O) groups is 2. The quantitative estimate of drug-likeness (QED) is 0.588. The van der Waals surface area contributed by atoms with Gasteiger partial charge < -0.3 is 4.74 Å². The summed E-state index contributed by atoms with van der Waals surface area (Å²) in [4.78, 5) is 25.3. The van der Waals surface area contributed by atoms with Crippen molar-refractivity contribution in [2.45, 2.75) is 51.7 Å². The second kappa shape index (κ2) is 4.82. The molecule has 0 N–H and O–H groups in total. The first kappa shape index (κ1) is 15.5. The fourth-order valence-electron chi connectivity index (χ4n) is 2.92. The van der Waals surface area contributed by atoms with E-state index in [1.807, 2.05) is 13.0 Å². The van der Waals surface area contributed by atoms with Crippen molar-refractivity contribution in [3.05, 3.63) is 34.9 Å². The Hall–Kier alpha value is -1.92. The van der Waals surface area contributed by atoms with Gasteiger partial charge in [-0.1, -0.05) is 12.0 Å². The van der Waals surface area contributed by atoms with Gasteiger partial charge >= 0.3 is 0 Å². The Bertz CT molecular complexity index is 634. The van der Waals surface area contributed by atoms with Gasteiger partial charge in [-0.2, -0.15) is 0 Å². The van der Waals surface area contributed by atoms with Gasteiger partial charge in [0.25, 0.3) is 0 Å². The summed E-state index contributed by atoms with van der Waals surface area (Å²) >= 11 is 0. The molecule has 0 aliphatic carbocycles. The van der Waals surface area contributed by atoms with Crippen molar-refractivity contribution < 1.29 is 14.3 Å². The summed E-state index contributed by atoms with van der Waals surface area (Å²) < 4.78 is 5.69. The van der Waals surface area contributed by atoms with Gasteiger partial charge in [-0.15, -0.1) is 6.42 Å². The van der Waals surface area contributed by atoms with E-state index in [0.717, 1.165) is 11.1 Å². The standard InChI is InChI=1S/C18H20O3/c1-7-12-8-9-13(11(2)10-12)14-15(19)17(3,4)21-18(5,6)16(14)20/h1,8-10,14H,2-6H3. The number of ether oxygens (including phenoxy) is 1. The van der Waals surface area contributed by atoms with Crippen LogP contribution in [-0.4, -0.2) is 22.8 Å². The molecule has 1 fully saturated rings. The lowest BCUT2D eigenvalue weighted by atomic mass is 9.74. The highest BCUT2D eigenvalue weighted by atomic mass is 16.5. The zero-order chi connectivity index (χ0) is 16.0. The first-order valence-corrected chi connectivity index (χ1v) is 6.96. The van der Waals surface area contributed by atoms with E-state index in [1.165, 1.54) is 0 Å². The number of carbonyl (C=O) groups excluding carboxylic acids is 2. The van der Waals surface area contributed by atoms with E-state index in [9.17, 15) is 9.59 Å². The molecule has 0 amide bonds. The van der Waals surface area contributed by atoms with Gasteiger partial charge in [0.15, 0.2) is 11.6 Å². The Kier molecular flexibility index (Phi) is 3.55. The van der Waals surface area contributed by atoms with Crippen LogP contribution in [0.25, 0.3) is 0 Å². The van der Waals surface area contributed by atoms with Crippen molar-refractivity contribution in [1.82, 2.24) is 0 Å². The first-order chi connectivity index (χ1) is 9.60. The van der Waals surface area contributed by atoms with Crippen LogP contribution in [0, 0.1) is 19.3 Å². The number of hydrogen-bond donors (Lipinski definition) is 0. The molecule has 110 valence electrons. The van der Waals surface area contributed by atoms with Crippen LogP contribution in [0.2, 0.25) is 0 Å². The Morgan fingerprint density at radius 1 is 1.10 bits per heavy atom. The van der Waals surface area contributed by atoms with Crippen LogP contribution in [0.1, 0.15) is 50.3 Å². The summed E-state index contributed by atoms with van der Waals surface area (Å²) in [7, 11) is 0. The maximum Gasteiger partial charge on any atom is 0.179 e. The maximum absolute atomic E-state index is 12.7. The third-order valence-corrected chi connectivity index (χ3v) is 3.97. The van der Waals surface area contributed by atoms with Crippen LogP contribution in [0.5, 0.6) is 0 Å². The van der Waals surface area contributed by atoms with Gasteiger partial charge in [-0.05, 0) is 57.9 Å².